The van der Waals surface area contributed by atoms with Gasteiger partial charge >= 0.3 is 5.97 Å². The van der Waals surface area contributed by atoms with Crippen LogP contribution in [0.4, 0.5) is 11.4 Å². The molecule has 1 aromatic carbocycles. The van der Waals surface area contributed by atoms with Crippen molar-refractivity contribution in [3.05, 3.63) is 33.4 Å². The molecule has 0 bridgehead atoms. The molecule has 0 unspecified atom stereocenters. The Balaban J connectivity index is 3.46. The maximum Gasteiger partial charge on any atom is 0.338 e. The summed E-state index contributed by atoms with van der Waals surface area (Å²) in [4.78, 5) is 32.2. The molecule has 0 aliphatic heterocycles. The van der Waals surface area contributed by atoms with Gasteiger partial charge in [0, 0.05) is 18.6 Å². The second kappa shape index (κ2) is 5.26. The Labute approximate surface area is 103 Å². The number of carboxylic acid groups (broad SMARTS) is 1. The van der Waals surface area contributed by atoms with Crippen LogP contribution in [0.3, 0.4) is 0 Å². The van der Waals surface area contributed by atoms with Gasteiger partial charge in [0.2, 0.25) is 5.91 Å². The number of aryl methyl sites for hydroxylation is 1. The number of amides is 1. The van der Waals surface area contributed by atoms with Gasteiger partial charge in [0.05, 0.1) is 16.2 Å². The van der Waals surface area contributed by atoms with E-state index in [9.17, 15) is 19.7 Å². The van der Waals surface area contributed by atoms with Crippen molar-refractivity contribution in [1.82, 2.24) is 0 Å². The van der Waals surface area contributed by atoms with E-state index in [-0.39, 0.29) is 16.9 Å². The largest absolute Gasteiger partial charge is 0.478 e. The summed E-state index contributed by atoms with van der Waals surface area (Å²) in [5.74, 6) is -1.77. The van der Waals surface area contributed by atoms with Gasteiger partial charge < -0.3 is 10.4 Å². The minimum Gasteiger partial charge on any atom is -0.478 e. The van der Waals surface area contributed by atoms with E-state index in [1.165, 1.54) is 13.0 Å². The molecule has 2 N–H and O–H groups in total. The van der Waals surface area contributed by atoms with E-state index in [1.54, 1.807) is 6.92 Å². The Hall–Kier alpha value is -2.44. The van der Waals surface area contributed by atoms with Crippen LogP contribution >= 0.6 is 0 Å². The van der Waals surface area contributed by atoms with E-state index in [2.05, 4.69) is 5.32 Å². The number of benzene rings is 1. The second-order valence-corrected chi connectivity index (χ2v) is 3.62. The Morgan fingerprint density at radius 1 is 1.44 bits per heavy atom. The van der Waals surface area contributed by atoms with Crippen LogP contribution in [0.5, 0.6) is 0 Å². The molecule has 0 radical (unpaired) electrons. The van der Waals surface area contributed by atoms with Gasteiger partial charge in [-0.15, -0.1) is 0 Å². The highest BCUT2D eigenvalue weighted by Crippen LogP contribution is 2.27. The maximum absolute atomic E-state index is 11.0. The van der Waals surface area contributed by atoms with Crippen molar-refractivity contribution in [2.45, 2.75) is 20.3 Å². The monoisotopic (exact) mass is 252 g/mol. The van der Waals surface area contributed by atoms with Crippen molar-refractivity contribution in [3.63, 3.8) is 0 Å². The van der Waals surface area contributed by atoms with Crippen LogP contribution in [-0.4, -0.2) is 21.9 Å². The average Bonchev–Trinajstić information content (AvgIpc) is 2.26. The number of carboxylic acids is 1. The molecule has 18 heavy (non-hydrogen) atoms. The fourth-order valence-corrected chi connectivity index (χ4v) is 1.56. The van der Waals surface area contributed by atoms with Crippen molar-refractivity contribution >= 4 is 23.3 Å². The number of hydrogen-bond donors (Lipinski definition) is 2. The third-order valence-electron chi connectivity index (χ3n) is 2.34. The van der Waals surface area contributed by atoms with Gasteiger partial charge in [-0.1, -0.05) is 6.92 Å². The summed E-state index contributed by atoms with van der Waals surface area (Å²) in [5.41, 5.74) is -0.121. The van der Waals surface area contributed by atoms with Gasteiger partial charge in [-0.3, -0.25) is 14.9 Å². The number of carbonyl (C=O) groups excluding carboxylic acids is 1. The van der Waals surface area contributed by atoms with Crippen molar-refractivity contribution < 1.29 is 19.6 Å². The number of anilines is 1. The predicted octanol–water partition coefficient (Wildman–Crippen LogP) is 1.81. The fraction of sp³-hybridized carbons (Fsp3) is 0.273. The van der Waals surface area contributed by atoms with E-state index < -0.39 is 16.8 Å². The molecule has 0 aromatic heterocycles. The first kappa shape index (κ1) is 13.6. The number of nitro benzene ring substituents is 1. The lowest BCUT2D eigenvalue weighted by atomic mass is 10.0. The topological polar surface area (TPSA) is 110 Å². The second-order valence-electron chi connectivity index (χ2n) is 3.62. The lowest BCUT2D eigenvalue weighted by molar-refractivity contribution is -0.385. The lowest BCUT2D eigenvalue weighted by Crippen LogP contribution is -2.12. The van der Waals surface area contributed by atoms with Crippen LogP contribution < -0.4 is 5.32 Å². The average molecular weight is 252 g/mol. The first-order valence-corrected chi connectivity index (χ1v) is 5.19. The van der Waals surface area contributed by atoms with Gasteiger partial charge in [0.15, 0.2) is 0 Å². The molecule has 0 spiro atoms. The van der Waals surface area contributed by atoms with Crippen LogP contribution in [0, 0.1) is 10.1 Å². The zero-order valence-corrected chi connectivity index (χ0v) is 9.89. The van der Waals surface area contributed by atoms with Crippen molar-refractivity contribution in [2.24, 2.45) is 0 Å². The summed E-state index contributed by atoms with van der Waals surface area (Å²) in [6, 6.07) is 2.29. The minimum absolute atomic E-state index is 0.0671. The van der Waals surface area contributed by atoms with Crippen molar-refractivity contribution in [2.75, 3.05) is 5.32 Å². The molecule has 0 aliphatic carbocycles. The number of nitrogens with zero attached hydrogens (tertiary/aromatic N) is 1. The van der Waals surface area contributed by atoms with Gasteiger partial charge in [0.1, 0.15) is 0 Å². The summed E-state index contributed by atoms with van der Waals surface area (Å²) < 4.78 is 0. The summed E-state index contributed by atoms with van der Waals surface area (Å²) in [7, 11) is 0. The molecule has 0 atom stereocenters. The number of aromatic carboxylic acids is 1. The summed E-state index contributed by atoms with van der Waals surface area (Å²) in [6.45, 7) is 2.94. The predicted molar refractivity (Wildman–Crippen MR) is 63.7 cm³/mol. The summed E-state index contributed by atoms with van der Waals surface area (Å²) in [6.07, 6.45) is 0.364. The molecule has 7 heteroatoms. The number of carbonyl (C=O) groups is 2. The summed E-state index contributed by atoms with van der Waals surface area (Å²) >= 11 is 0. The van der Waals surface area contributed by atoms with E-state index in [0.717, 1.165) is 6.07 Å². The molecular weight excluding hydrogens is 240 g/mol. The zero-order chi connectivity index (χ0) is 13.9. The number of nitrogens with one attached hydrogen (secondary N) is 1. The van der Waals surface area contributed by atoms with E-state index in [4.69, 9.17) is 5.11 Å². The molecule has 0 saturated heterocycles. The van der Waals surface area contributed by atoms with Crippen LogP contribution in [-0.2, 0) is 11.2 Å². The van der Waals surface area contributed by atoms with Crippen molar-refractivity contribution in [3.8, 4) is 0 Å². The Bertz CT molecular complexity index is 524. The SMILES string of the molecule is CCc1cc(NC(C)=O)c(C(=O)O)cc1[N+](=O)[O-]. The van der Waals surface area contributed by atoms with Gasteiger partial charge in [-0.05, 0) is 12.5 Å². The normalized spacial score (nSPS) is 9.89. The summed E-state index contributed by atoms with van der Waals surface area (Å²) in [5, 5.41) is 22.1. The van der Waals surface area contributed by atoms with E-state index in [1.807, 2.05) is 0 Å². The van der Waals surface area contributed by atoms with E-state index in [0.29, 0.717) is 12.0 Å². The van der Waals surface area contributed by atoms with Gasteiger partial charge in [0.25, 0.3) is 5.69 Å². The minimum atomic E-state index is -1.33. The zero-order valence-electron chi connectivity index (χ0n) is 9.89. The molecule has 96 valence electrons. The van der Waals surface area contributed by atoms with Crippen molar-refractivity contribution in [1.29, 1.82) is 0 Å². The third kappa shape index (κ3) is 2.82. The molecule has 1 aromatic rings. The number of nitro groups is 1. The third-order valence-corrected chi connectivity index (χ3v) is 2.34. The quantitative estimate of drug-likeness (QED) is 0.627. The highest BCUT2D eigenvalue weighted by atomic mass is 16.6. The van der Waals surface area contributed by atoms with Crippen LogP contribution in [0.15, 0.2) is 12.1 Å². The van der Waals surface area contributed by atoms with E-state index >= 15 is 0 Å². The molecular formula is C11H12N2O5. The van der Waals surface area contributed by atoms with Crippen LogP contribution in [0.1, 0.15) is 29.8 Å². The highest BCUT2D eigenvalue weighted by molar-refractivity contribution is 6.00. The molecule has 7 nitrogen and oxygen atoms in total. The standard InChI is InChI=1S/C11H12N2O5/c1-3-7-4-9(12-6(2)14)8(11(15)16)5-10(7)13(17)18/h4-5H,3H2,1-2H3,(H,12,14)(H,15,16). The molecule has 1 amide bonds. The number of rotatable bonds is 4. The Morgan fingerprint density at radius 2 is 2.06 bits per heavy atom. The molecule has 0 aliphatic rings. The van der Waals surface area contributed by atoms with Crippen LogP contribution in [0.25, 0.3) is 0 Å². The highest BCUT2D eigenvalue weighted by Gasteiger charge is 2.21. The Kier molecular flexibility index (Phi) is 3.98. The Morgan fingerprint density at radius 3 is 2.44 bits per heavy atom. The first-order valence-electron chi connectivity index (χ1n) is 5.19. The van der Waals surface area contributed by atoms with Gasteiger partial charge in [-0.2, -0.15) is 0 Å². The maximum atomic E-state index is 11.0. The smallest absolute Gasteiger partial charge is 0.338 e. The molecule has 0 fully saturated rings. The lowest BCUT2D eigenvalue weighted by Gasteiger charge is -2.09. The fourth-order valence-electron chi connectivity index (χ4n) is 1.56. The first-order chi connectivity index (χ1) is 8.36. The number of hydrogen-bond acceptors (Lipinski definition) is 4. The molecule has 0 saturated carbocycles. The molecule has 0 heterocycles. The molecule has 1 rings (SSSR count). The van der Waals surface area contributed by atoms with Crippen LogP contribution in [0.2, 0.25) is 0 Å². The van der Waals surface area contributed by atoms with Gasteiger partial charge in [-0.25, -0.2) is 4.79 Å².